The number of carbonyl (C=O) groups excluding carboxylic acids is 1. The first-order valence-electron chi connectivity index (χ1n) is 4.22. The fourth-order valence-corrected chi connectivity index (χ4v) is 0.970. The number of benzene rings is 1. The van der Waals surface area contributed by atoms with Crippen LogP contribution >= 0.6 is 0 Å². The second-order valence-electron chi connectivity index (χ2n) is 3.09. The Labute approximate surface area is 78.3 Å². The molecule has 0 unspecified atom stereocenters. The summed E-state index contributed by atoms with van der Waals surface area (Å²) in [6.45, 7) is 5.25. The van der Waals surface area contributed by atoms with Crippen molar-refractivity contribution in [1.29, 1.82) is 0 Å². The summed E-state index contributed by atoms with van der Waals surface area (Å²) in [4.78, 5) is 15.1. The lowest BCUT2D eigenvalue weighted by atomic mass is 10.2. The molecule has 1 rings (SSSR count). The summed E-state index contributed by atoms with van der Waals surface area (Å²) in [6, 6.07) is 7.77. The Kier molecular flexibility index (Phi) is 2.96. The third-order valence-corrected chi connectivity index (χ3v) is 1.81. The van der Waals surface area contributed by atoms with Crippen molar-refractivity contribution >= 4 is 17.2 Å². The normalized spacial score (nSPS) is 11.5. The van der Waals surface area contributed by atoms with Crippen LogP contribution in [-0.2, 0) is 4.79 Å². The summed E-state index contributed by atoms with van der Waals surface area (Å²) in [5, 5.41) is 0. The first-order chi connectivity index (χ1) is 6.09. The van der Waals surface area contributed by atoms with E-state index in [1.165, 1.54) is 6.92 Å². The summed E-state index contributed by atoms with van der Waals surface area (Å²) in [5.41, 5.74) is 2.54. The number of ketones is 1. The Hall–Kier alpha value is -1.44. The van der Waals surface area contributed by atoms with Gasteiger partial charge in [-0.25, -0.2) is 0 Å². The molecule has 2 heteroatoms. The molecule has 0 aromatic heterocycles. The lowest BCUT2D eigenvalue weighted by molar-refractivity contribution is -0.111. The summed E-state index contributed by atoms with van der Waals surface area (Å²) in [5.74, 6) is 0.0153. The predicted octanol–water partition coefficient (Wildman–Crippen LogP) is 2.68. The van der Waals surface area contributed by atoms with Gasteiger partial charge >= 0.3 is 0 Å². The number of hydrogen-bond donors (Lipinski definition) is 0. The highest BCUT2D eigenvalue weighted by Crippen LogP contribution is 2.13. The van der Waals surface area contributed by atoms with E-state index < -0.39 is 0 Å². The topological polar surface area (TPSA) is 29.4 Å². The van der Waals surface area contributed by atoms with Gasteiger partial charge in [-0.2, -0.15) is 0 Å². The van der Waals surface area contributed by atoms with Gasteiger partial charge in [0.1, 0.15) is 0 Å². The van der Waals surface area contributed by atoms with Crippen molar-refractivity contribution in [2.75, 3.05) is 0 Å². The summed E-state index contributed by atoms with van der Waals surface area (Å²) >= 11 is 0. The number of nitrogens with zero attached hydrogens (tertiary/aromatic N) is 1. The molecule has 0 N–H and O–H groups in total. The molecule has 0 bridgehead atoms. The minimum absolute atomic E-state index is 0.0153. The lowest BCUT2D eigenvalue weighted by Crippen LogP contribution is -2.03. The van der Waals surface area contributed by atoms with E-state index in [4.69, 9.17) is 0 Å². The van der Waals surface area contributed by atoms with Gasteiger partial charge in [-0.3, -0.25) is 9.79 Å². The number of Topliss-reactive ketones (excluding diaryl/α,β-unsaturated/α-hetero) is 1. The van der Waals surface area contributed by atoms with Crippen molar-refractivity contribution in [3.8, 4) is 0 Å². The van der Waals surface area contributed by atoms with E-state index in [1.54, 1.807) is 6.92 Å². The minimum Gasteiger partial charge on any atom is -0.293 e. The van der Waals surface area contributed by atoms with Crippen molar-refractivity contribution < 1.29 is 4.79 Å². The molecule has 2 nitrogen and oxygen atoms in total. The van der Waals surface area contributed by atoms with Crippen LogP contribution in [0.4, 0.5) is 5.69 Å². The van der Waals surface area contributed by atoms with Gasteiger partial charge in [0.15, 0.2) is 5.78 Å². The van der Waals surface area contributed by atoms with E-state index in [2.05, 4.69) is 4.99 Å². The van der Waals surface area contributed by atoms with Gasteiger partial charge in [-0.15, -0.1) is 0 Å². The molecule has 0 heterocycles. The maximum absolute atomic E-state index is 10.9. The maximum Gasteiger partial charge on any atom is 0.173 e. The van der Waals surface area contributed by atoms with Crippen molar-refractivity contribution in [2.45, 2.75) is 20.8 Å². The fourth-order valence-electron chi connectivity index (χ4n) is 0.970. The zero-order valence-electron chi connectivity index (χ0n) is 8.16. The second kappa shape index (κ2) is 3.99. The van der Waals surface area contributed by atoms with Crippen LogP contribution in [0.3, 0.4) is 0 Å². The number of hydrogen-bond acceptors (Lipinski definition) is 2. The zero-order chi connectivity index (χ0) is 9.84. The van der Waals surface area contributed by atoms with Gasteiger partial charge in [-0.1, -0.05) is 12.1 Å². The van der Waals surface area contributed by atoms with E-state index in [0.717, 1.165) is 11.3 Å². The highest BCUT2D eigenvalue weighted by molar-refractivity contribution is 6.38. The highest BCUT2D eigenvalue weighted by Gasteiger charge is 1.97. The molecular weight excluding hydrogens is 162 g/mol. The van der Waals surface area contributed by atoms with Crippen LogP contribution in [0.15, 0.2) is 29.3 Å². The molecule has 0 fully saturated rings. The Morgan fingerprint density at radius 3 is 2.54 bits per heavy atom. The van der Waals surface area contributed by atoms with Gasteiger partial charge in [0, 0.05) is 6.92 Å². The second-order valence-corrected chi connectivity index (χ2v) is 3.09. The van der Waals surface area contributed by atoms with Crippen LogP contribution in [0.25, 0.3) is 0 Å². The quantitative estimate of drug-likeness (QED) is 0.635. The van der Waals surface area contributed by atoms with Crippen molar-refractivity contribution in [2.24, 2.45) is 4.99 Å². The van der Waals surface area contributed by atoms with Crippen LogP contribution < -0.4 is 0 Å². The van der Waals surface area contributed by atoms with E-state index in [0.29, 0.717) is 5.71 Å². The first-order valence-corrected chi connectivity index (χ1v) is 4.22. The van der Waals surface area contributed by atoms with Crippen LogP contribution in [0.2, 0.25) is 0 Å². The van der Waals surface area contributed by atoms with E-state index in [1.807, 2.05) is 31.2 Å². The molecule has 0 saturated carbocycles. The Morgan fingerprint density at radius 1 is 1.31 bits per heavy atom. The maximum atomic E-state index is 10.9. The van der Waals surface area contributed by atoms with Crippen LogP contribution in [0, 0.1) is 6.92 Å². The summed E-state index contributed by atoms with van der Waals surface area (Å²) < 4.78 is 0. The highest BCUT2D eigenvalue weighted by atomic mass is 16.1. The Bertz CT molecular complexity index is 353. The van der Waals surface area contributed by atoms with Crippen LogP contribution in [-0.4, -0.2) is 11.5 Å². The average molecular weight is 175 g/mol. The Morgan fingerprint density at radius 2 is 2.00 bits per heavy atom. The standard InChI is InChI=1S/C11H13NO/c1-8-5-4-6-11(7-8)12-9(2)10(3)13/h4-7H,1-3H3/b12-9-. The van der Waals surface area contributed by atoms with Gasteiger partial charge in [0.05, 0.1) is 11.4 Å². The molecule has 0 aliphatic carbocycles. The molecular formula is C11H13NO. The van der Waals surface area contributed by atoms with Gasteiger partial charge < -0.3 is 0 Å². The summed E-state index contributed by atoms with van der Waals surface area (Å²) in [7, 11) is 0. The molecule has 0 saturated heterocycles. The number of aryl methyl sites for hydroxylation is 1. The van der Waals surface area contributed by atoms with Crippen molar-refractivity contribution in [3.63, 3.8) is 0 Å². The molecule has 0 atom stereocenters. The first kappa shape index (κ1) is 9.65. The minimum atomic E-state index is 0.0153. The average Bonchev–Trinajstić information content (AvgIpc) is 2.04. The largest absolute Gasteiger partial charge is 0.293 e. The monoisotopic (exact) mass is 175 g/mol. The molecule has 68 valence electrons. The lowest BCUT2D eigenvalue weighted by Gasteiger charge is -1.97. The molecule has 0 amide bonds. The van der Waals surface area contributed by atoms with Crippen molar-refractivity contribution in [3.05, 3.63) is 29.8 Å². The Balaban J connectivity index is 2.97. The van der Waals surface area contributed by atoms with Gasteiger partial charge in [-0.05, 0) is 31.5 Å². The van der Waals surface area contributed by atoms with Gasteiger partial charge in [0.2, 0.25) is 0 Å². The van der Waals surface area contributed by atoms with E-state index in [9.17, 15) is 4.79 Å². The molecule has 0 aliphatic rings. The van der Waals surface area contributed by atoms with Gasteiger partial charge in [0.25, 0.3) is 0 Å². The summed E-state index contributed by atoms with van der Waals surface area (Å²) in [6.07, 6.45) is 0. The van der Waals surface area contributed by atoms with Crippen LogP contribution in [0.1, 0.15) is 19.4 Å². The number of aliphatic imine (C=N–C) groups is 1. The molecule has 13 heavy (non-hydrogen) atoms. The molecule has 1 aromatic carbocycles. The van der Waals surface area contributed by atoms with Crippen LogP contribution in [0.5, 0.6) is 0 Å². The molecule has 0 spiro atoms. The fraction of sp³-hybridized carbons (Fsp3) is 0.273. The van der Waals surface area contributed by atoms with E-state index in [-0.39, 0.29) is 5.78 Å². The molecule has 0 radical (unpaired) electrons. The molecule has 1 aromatic rings. The smallest absolute Gasteiger partial charge is 0.173 e. The number of carbonyl (C=O) groups is 1. The molecule has 0 aliphatic heterocycles. The SMILES string of the molecule is CC(=O)/C(C)=N\c1cccc(C)c1. The third kappa shape index (κ3) is 2.82. The number of rotatable bonds is 2. The van der Waals surface area contributed by atoms with Crippen molar-refractivity contribution in [1.82, 2.24) is 0 Å². The van der Waals surface area contributed by atoms with E-state index >= 15 is 0 Å². The zero-order valence-corrected chi connectivity index (χ0v) is 8.16. The predicted molar refractivity (Wildman–Crippen MR) is 54.6 cm³/mol. The third-order valence-electron chi connectivity index (χ3n) is 1.81.